The first-order valence-corrected chi connectivity index (χ1v) is 7.89. The maximum absolute atomic E-state index is 12.8. The Balaban J connectivity index is 2.04. The maximum Gasteiger partial charge on any atom is 0.259 e. The first-order chi connectivity index (χ1) is 10.1. The van der Waals surface area contributed by atoms with Gasteiger partial charge in [0.1, 0.15) is 0 Å². The third-order valence-electron chi connectivity index (χ3n) is 3.69. The second kappa shape index (κ2) is 5.70. The first-order valence-electron chi connectivity index (χ1n) is 6.72. The summed E-state index contributed by atoms with van der Waals surface area (Å²) in [6, 6.07) is 10.9. The Kier molecular flexibility index (Phi) is 3.91. The quantitative estimate of drug-likeness (QED) is 0.767. The van der Waals surface area contributed by atoms with Gasteiger partial charge in [-0.25, -0.2) is 0 Å². The van der Waals surface area contributed by atoms with E-state index in [9.17, 15) is 4.79 Å². The van der Waals surface area contributed by atoms with Gasteiger partial charge in [-0.1, -0.05) is 17.7 Å². The van der Waals surface area contributed by atoms with Crippen LogP contribution in [0.3, 0.4) is 0 Å². The Morgan fingerprint density at radius 2 is 2.10 bits per heavy atom. The van der Waals surface area contributed by atoms with Crippen LogP contribution in [0.25, 0.3) is 0 Å². The van der Waals surface area contributed by atoms with E-state index in [0.717, 1.165) is 34.3 Å². The molecule has 2 N–H and O–H groups in total. The minimum Gasteiger partial charge on any atom is -0.398 e. The molecule has 0 fully saturated rings. The predicted octanol–water partition coefficient (Wildman–Crippen LogP) is 4.28. The summed E-state index contributed by atoms with van der Waals surface area (Å²) in [5.41, 5.74) is 9.29. The monoisotopic (exact) mass is 364 g/mol. The first kappa shape index (κ1) is 14.4. The number of rotatable bonds is 1. The van der Waals surface area contributed by atoms with E-state index in [4.69, 9.17) is 17.3 Å². The zero-order chi connectivity index (χ0) is 15.0. The number of fused-ring (bicyclic) bond motifs is 1. The second-order valence-corrected chi connectivity index (χ2v) is 6.32. The lowest BCUT2D eigenvalue weighted by atomic mass is 9.99. The van der Waals surface area contributed by atoms with Crippen LogP contribution < -0.4 is 10.6 Å². The fraction of sp³-hybridized carbons (Fsp3) is 0.188. The molecule has 5 heteroatoms. The van der Waals surface area contributed by atoms with E-state index in [-0.39, 0.29) is 5.91 Å². The number of hydrogen-bond donors (Lipinski definition) is 1. The molecule has 1 amide bonds. The molecular formula is C16H14BrClN2O. The number of nitrogen functional groups attached to an aromatic ring is 1. The van der Waals surface area contributed by atoms with Crippen LogP contribution in [-0.2, 0) is 6.42 Å². The number of amides is 1. The van der Waals surface area contributed by atoms with Gasteiger partial charge in [0.05, 0.1) is 5.56 Å². The molecule has 0 saturated carbocycles. The molecule has 0 aliphatic carbocycles. The molecule has 0 atom stereocenters. The molecule has 108 valence electrons. The van der Waals surface area contributed by atoms with E-state index in [0.29, 0.717) is 17.1 Å². The van der Waals surface area contributed by atoms with Crippen LogP contribution in [0, 0.1) is 0 Å². The molecule has 2 aromatic rings. The molecular weight excluding hydrogens is 352 g/mol. The molecule has 1 aliphatic rings. The van der Waals surface area contributed by atoms with Crippen LogP contribution in [0.1, 0.15) is 22.3 Å². The van der Waals surface area contributed by atoms with Gasteiger partial charge in [0.25, 0.3) is 5.91 Å². The molecule has 1 aliphatic heterocycles. The number of hydrogen-bond acceptors (Lipinski definition) is 2. The highest BCUT2D eigenvalue weighted by Gasteiger charge is 2.25. The van der Waals surface area contributed by atoms with Crippen molar-refractivity contribution < 1.29 is 4.79 Å². The van der Waals surface area contributed by atoms with Gasteiger partial charge in [-0.15, -0.1) is 0 Å². The molecule has 0 aromatic heterocycles. The summed E-state index contributed by atoms with van der Waals surface area (Å²) in [5, 5.41) is 0.548. The number of halogens is 2. The van der Waals surface area contributed by atoms with Crippen molar-refractivity contribution in [1.82, 2.24) is 0 Å². The van der Waals surface area contributed by atoms with Crippen LogP contribution in [0.2, 0.25) is 5.02 Å². The van der Waals surface area contributed by atoms with Crippen molar-refractivity contribution in [2.45, 2.75) is 12.8 Å². The summed E-state index contributed by atoms with van der Waals surface area (Å²) >= 11 is 9.43. The van der Waals surface area contributed by atoms with Crippen molar-refractivity contribution >= 4 is 44.8 Å². The number of carbonyl (C=O) groups is 1. The highest BCUT2D eigenvalue weighted by molar-refractivity contribution is 9.10. The number of anilines is 2. The Labute approximate surface area is 136 Å². The van der Waals surface area contributed by atoms with E-state index in [1.807, 2.05) is 18.2 Å². The minimum atomic E-state index is -0.0593. The van der Waals surface area contributed by atoms with Gasteiger partial charge >= 0.3 is 0 Å². The lowest BCUT2D eigenvalue weighted by molar-refractivity contribution is 0.0984. The molecule has 21 heavy (non-hydrogen) atoms. The van der Waals surface area contributed by atoms with Crippen LogP contribution >= 0.6 is 27.5 Å². The van der Waals surface area contributed by atoms with Crippen LogP contribution in [0.4, 0.5) is 11.4 Å². The lowest BCUT2D eigenvalue weighted by Crippen LogP contribution is -2.36. The topological polar surface area (TPSA) is 46.3 Å². The number of nitrogens with two attached hydrogens (primary N) is 1. The molecule has 0 spiro atoms. The van der Waals surface area contributed by atoms with Gasteiger partial charge < -0.3 is 10.6 Å². The summed E-state index contributed by atoms with van der Waals surface area (Å²) in [6.45, 7) is 0.689. The summed E-state index contributed by atoms with van der Waals surface area (Å²) in [6.07, 6.45) is 1.81. The van der Waals surface area contributed by atoms with Gasteiger partial charge in [-0.05, 0) is 64.7 Å². The summed E-state index contributed by atoms with van der Waals surface area (Å²) in [4.78, 5) is 14.6. The van der Waals surface area contributed by atoms with Crippen molar-refractivity contribution in [1.29, 1.82) is 0 Å². The van der Waals surface area contributed by atoms with Gasteiger partial charge in [0, 0.05) is 27.4 Å². The minimum absolute atomic E-state index is 0.0593. The van der Waals surface area contributed by atoms with Gasteiger partial charge in [-0.3, -0.25) is 4.79 Å². The third-order valence-corrected chi connectivity index (χ3v) is 4.62. The van der Waals surface area contributed by atoms with E-state index in [1.54, 1.807) is 23.1 Å². The number of carbonyl (C=O) groups excluding carboxylic acids is 1. The van der Waals surface area contributed by atoms with Crippen LogP contribution in [-0.4, -0.2) is 12.5 Å². The molecule has 0 unspecified atom stereocenters. The molecule has 2 aromatic carbocycles. The van der Waals surface area contributed by atoms with E-state index in [2.05, 4.69) is 15.9 Å². The summed E-state index contributed by atoms with van der Waals surface area (Å²) in [5.74, 6) is -0.0593. The summed E-state index contributed by atoms with van der Waals surface area (Å²) in [7, 11) is 0. The average molecular weight is 366 g/mol. The predicted molar refractivity (Wildman–Crippen MR) is 90.0 cm³/mol. The standard InChI is InChI=1S/C16H14BrClN2O/c17-13-7-6-10(18)9-12(13)16(21)20-8-2-3-11-14(19)4-1-5-15(11)20/h1,4-7,9H,2-3,8,19H2. The highest BCUT2D eigenvalue weighted by Crippen LogP contribution is 2.33. The van der Waals surface area contributed by atoms with Crippen molar-refractivity contribution in [2.75, 3.05) is 17.2 Å². The Bertz CT molecular complexity index is 717. The molecule has 0 radical (unpaired) electrons. The van der Waals surface area contributed by atoms with Crippen LogP contribution in [0.5, 0.6) is 0 Å². The molecule has 3 nitrogen and oxygen atoms in total. The fourth-order valence-corrected chi connectivity index (χ4v) is 3.26. The smallest absolute Gasteiger partial charge is 0.259 e. The van der Waals surface area contributed by atoms with Crippen molar-refractivity contribution in [2.24, 2.45) is 0 Å². The molecule has 1 heterocycles. The zero-order valence-electron chi connectivity index (χ0n) is 11.3. The Hall–Kier alpha value is -1.52. The van der Waals surface area contributed by atoms with Gasteiger partial charge in [-0.2, -0.15) is 0 Å². The number of benzene rings is 2. The largest absolute Gasteiger partial charge is 0.398 e. The molecule has 0 saturated heterocycles. The zero-order valence-corrected chi connectivity index (χ0v) is 13.6. The Morgan fingerprint density at radius 3 is 2.90 bits per heavy atom. The lowest BCUT2D eigenvalue weighted by Gasteiger charge is -2.30. The van der Waals surface area contributed by atoms with Gasteiger partial charge in [0.2, 0.25) is 0 Å². The summed E-state index contributed by atoms with van der Waals surface area (Å²) < 4.78 is 0.743. The van der Waals surface area contributed by atoms with Gasteiger partial charge in [0.15, 0.2) is 0 Å². The normalized spacial score (nSPS) is 13.9. The van der Waals surface area contributed by atoms with E-state index in [1.165, 1.54) is 0 Å². The van der Waals surface area contributed by atoms with Crippen LogP contribution in [0.15, 0.2) is 40.9 Å². The second-order valence-electron chi connectivity index (χ2n) is 5.03. The molecule has 3 rings (SSSR count). The molecule has 0 bridgehead atoms. The van der Waals surface area contributed by atoms with Crippen molar-refractivity contribution in [3.8, 4) is 0 Å². The number of nitrogens with zero attached hydrogens (tertiary/aromatic N) is 1. The van der Waals surface area contributed by atoms with E-state index < -0.39 is 0 Å². The van der Waals surface area contributed by atoms with E-state index >= 15 is 0 Å². The average Bonchev–Trinajstić information content (AvgIpc) is 2.49. The van der Waals surface area contributed by atoms with Crippen molar-refractivity contribution in [3.63, 3.8) is 0 Å². The maximum atomic E-state index is 12.8. The highest BCUT2D eigenvalue weighted by atomic mass is 79.9. The van der Waals surface area contributed by atoms with Crippen molar-refractivity contribution in [3.05, 3.63) is 57.0 Å². The Morgan fingerprint density at radius 1 is 1.29 bits per heavy atom. The third kappa shape index (κ3) is 2.65. The SMILES string of the molecule is Nc1cccc2c1CCCN2C(=O)c1cc(Cl)ccc1Br. The fourth-order valence-electron chi connectivity index (χ4n) is 2.67.